The number of rotatable bonds is 8. The van der Waals surface area contributed by atoms with Crippen LogP contribution in [-0.4, -0.2) is 41.8 Å². The number of alkyl carbamates (subject to hydrolysis) is 1. The zero-order valence-corrected chi connectivity index (χ0v) is 19.5. The summed E-state index contributed by atoms with van der Waals surface area (Å²) in [5.41, 5.74) is 3.96. The van der Waals surface area contributed by atoms with Crippen LogP contribution in [0.2, 0.25) is 0 Å². The molecule has 4 atom stereocenters. The molecule has 3 saturated carbocycles. The minimum absolute atomic E-state index is 0.0405. The summed E-state index contributed by atoms with van der Waals surface area (Å²) in [6.45, 7) is 0.197. The minimum Gasteiger partial charge on any atom is -0.481 e. The number of carboxylic acid groups (broad SMARTS) is 1. The second-order valence-electron chi connectivity index (χ2n) is 10.7. The molecule has 2 amide bonds. The Labute approximate surface area is 204 Å². The van der Waals surface area contributed by atoms with Crippen molar-refractivity contribution in [3.05, 3.63) is 59.7 Å². The molecular weight excluding hydrogens is 444 g/mol. The van der Waals surface area contributed by atoms with Crippen LogP contribution in [0.5, 0.6) is 0 Å². The van der Waals surface area contributed by atoms with E-state index in [9.17, 15) is 19.5 Å². The fraction of sp³-hybridized carbons (Fsp3) is 0.464. The number of amides is 2. The van der Waals surface area contributed by atoms with Gasteiger partial charge in [0.1, 0.15) is 12.6 Å². The van der Waals surface area contributed by atoms with Crippen molar-refractivity contribution in [1.82, 2.24) is 10.6 Å². The number of aliphatic carboxylic acids is 1. The molecule has 0 radical (unpaired) electrons. The largest absolute Gasteiger partial charge is 0.481 e. The maximum Gasteiger partial charge on any atom is 0.407 e. The van der Waals surface area contributed by atoms with Gasteiger partial charge < -0.3 is 20.5 Å². The van der Waals surface area contributed by atoms with Crippen LogP contribution in [-0.2, 0) is 14.3 Å². The van der Waals surface area contributed by atoms with E-state index in [0.29, 0.717) is 31.6 Å². The van der Waals surface area contributed by atoms with Crippen molar-refractivity contribution in [1.29, 1.82) is 0 Å². The van der Waals surface area contributed by atoms with Crippen molar-refractivity contribution in [3.63, 3.8) is 0 Å². The fourth-order valence-corrected chi connectivity index (χ4v) is 6.27. The van der Waals surface area contributed by atoms with Gasteiger partial charge in [-0.3, -0.25) is 9.59 Å². The molecule has 7 heteroatoms. The van der Waals surface area contributed by atoms with Crippen LogP contribution >= 0.6 is 0 Å². The SMILES string of the molecule is O=C(N[C@@H](CC1CC1)C(=O)NC1CC2CC2(C(=O)O)C1)OCC1c2ccccc2-c2ccccc21. The van der Waals surface area contributed by atoms with Gasteiger partial charge in [-0.1, -0.05) is 61.4 Å². The number of nitrogens with one attached hydrogen (secondary N) is 2. The molecule has 35 heavy (non-hydrogen) atoms. The lowest BCUT2D eigenvalue weighted by Crippen LogP contribution is -2.50. The average Bonchev–Trinajstić information content (AvgIpc) is 3.74. The maximum atomic E-state index is 13.1. The molecule has 3 unspecified atom stereocenters. The molecule has 6 rings (SSSR count). The van der Waals surface area contributed by atoms with Crippen molar-refractivity contribution in [2.45, 2.75) is 56.5 Å². The van der Waals surface area contributed by atoms with E-state index in [1.165, 1.54) is 0 Å². The van der Waals surface area contributed by atoms with Gasteiger partial charge in [0.2, 0.25) is 5.91 Å². The van der Waals surface area contributed by atoms with Crippen molar-refractivity contribution in [3.8, 4) is 11.1 Å². The first-order valence-corrected chi connectivity index (χ1v) is 12.6. The fourth-order valence-electron chi connectivity index (χ4n) is 6.27. The molecule has 3 fully saturated rings. The highest BCUT2D eigenvalue weighted by molar-refractivity contribution is 5.86. The Hall–Kier alpha value is -3.35. The third-order valence-corrected chi connectivity index (χ3v) is 8.40. The molecule has 4 aliphatic rings. The number of carboxylic acids is 1. The third kappa shape index (κ3) is 4.07. The van der Waals surface area contributed by atoms with Crippen LogP contribution in [0, 0.1) is 17.3 Å². The van der Waals surface area contributed by atoms with Crippen molar-refractivity contribution >= 4 is 18.0 Å². The molecule has 7 nitrogen and oxygen atoms in total. The van der Waals surface area contributed by atoms with E-state index in [0.717, 1.165) is 35.1 Å². The van der Waals surface area contributed by atoms with E-state index in [4.69, 9.17) is 4.74 Å². The molecule has 3 N–H and O–H groups in total. The van der Waals surface area contributed by atoms with E-state index in [2.05, 4.69) is 34.9 Å². The van der Waals surface area contributed by atoms with Gasteiger partial charge in [0.25, 0.3) is 0 Å². The molecule has 2 aromatic rings. The third-order valence-electron chi connectivity index (χ3n) is 8.40. The van der Waals surface area contributed by atoms with Crippen LogP contribution in [0.15, 0.2) is 48.5 Å². The summed E-state index contributed by atoms with van der Waals surface area (Å²) in [6.07, 6.45) is 3.98. The standard InChI is InChI=1S/C28H30N2O5/c31-25(29-18-12-17-13-28(17,14-18)26(32)33)24(11-16-9-10-16)30-27(34)35-15-23-21-7-3-1-5-19(21)20-6-2-4-8-22(20)23/h1-8,16-18,23-24H,9-15H2,(H,29,31)(H,30,34)(H,32,33)/t17?,18?,24-,28?/m0/s1. The quantitative estimate of drug-likeness (QED) is 0.535. The van der Waals surface area contributed by atoms with Gasteiger partial charge in [0.15, 0.2) is 0 Å². The Morgan fingerprint density at radius 2 is 1.66 bits per heavy atom. The molecule has 0 heterocycles. The van der Waals surface area contributed by atoms with Gasteiger partial charge in [0, 0.05) is 12.0 Å². The Kier molecular flexibility index (Phi) is 5.31. The van der Waals surface area contributed by atoms with Crippen LogP contribution in [0.4, 0.5) is 4.79 Å². The molecule has 0 bridgehead atoms. The van der Waals surface area contributed by atoms with E-state index < -0.39 is 23.5 Å². The van der Waals surface area contributed by atoms with E-state index in [1.54, 1.807) is 0 Å². The molecule has 4 aliphatic carbocycles. The monoisotopic (exact) mass is 474 g/mol. The second kappa shape index (κ2) is 8.40. The Balaban J connectivity index is 1.08. The minimum atomic E-state index is -0.759. The summed E-state index contributed by atoms with van der Waals surface area (Å²) in [7, 11) is 0. The average molecular weight is 475 g/mol. The number of ether oxygens (including phenoxy) is 1. The molecule has 0 aliphatic heterocycles. The molecule has 182 valence electrons. The van der Waals surface area contributed by atoms with E-state index in [-0.39, 0.29) is 30.4 Å². The van der Waals surface area contributed by atoms with Gasteiger partial charge in [-0.25, -0.2) is 4.79 Å². The number of carbonyl (C=O) groups is 3. The smallest absolute Gasteiger partial charge is 0.407 e. The first kappa shape index (κ1) is 22.1. The van der Waals surface area contributed by atoms with E-state index in [1.807, 2.05) is 24.3 Å². The number of benzene rings is 2. The van der Waals surface area contributed by atoms with Crippen LogP contribution in [0.1, 0.15) is 55.6 Å². The second-order valence-corrected chi connectivity index (χ2v) is 10.7. The Bertz CT molecular complexity index is 1150. The lowest BCUT2D eigenvalue weighted by molar-refractivity contribution is -0.143. The van der Waals surface area contributed by atoms with Crippen molar-refractivity contribution < 1.29 is 24.2 Å². The van der Waals surface area contributed by atoms with Crippen molar-refractivity contribution in [2.24, 2.45) is 17.3 Å². The summed E-state index contributed by atoms with van der Waals surface area (Å²) in [4.78, 5) is 37.4. The molecule has 0 saturated heterocycles. The summed E-state index contributed by atoms with van der Waals surface area (Å²) in [5.74, 6) is -0.451. The number of carbonyl (C=O) groups excluding carboxylic acids is 2. The van der Waals surface area contributed by atoms with Crippen LogP contribution in [0.25, 0.3) is 11.1 Å². The van der Waals surface area contributed by atoms with Gasteiger partial charge in [-0.15, -0.1) is 0 Å². The number of hydrogen-bond donors (Lipinski definition) is 3. The van der Waals surface area contributed by atoms with Gasteiger partial charge in [-0.05, 0) is 59.8 Å². The zero-order chi connectivity index (χ0) is 24.2. The maximum absolute atomic E-state index is 13.1. The van der Waals surface area contributed by atoms with Crippen LogP contribution in [0.3, 0.4) is 0 Å². The topological polar surface area (TPSA) is 105 Å². The highest BCUT2D eigenvalue weighted by Crippen LogP contribution is 2.63. The lowest BCUT2D eigenvalue weighted by atomic mass is 9.98. The van der Waals surface area contributed by atoms with Crippen molar-refractivity contribution in [2.75, 3.05) is 6.61 Å². The predicted octanol–water partition coefficient (Wildman–Crippen LogP) is 4.06. The summed E-state index contributed by atoms with van der Waals surface area (Å²) < 4.78 is 5.66. The molecular formula is C28H30N2O5. The number of fused-ring (bicyclic) bond motifs is 4. The lowest BCUT2D eigenvalue weighted by Gasteiger charge is -2.23. The van der Waals surface area contributed by atoms with Gasteiger partial charge in [-0.2, -0.15) is 0 Å². The highest BCUT2D eigenvalue weighted by Gasteiger charge is 2.65. The first-order valence-electron chi connectivity index (χ1n) is 12.6. The van der Waals surface area contributed by atoms with Gasteiger partial charge >= 0.3 is 12.1 Å². The van der Waals surface area contributed by atoms with Gasteiger partial charge in [0.05, 0.1) is 5.41 Å². The summed E-state index contributed by atoms with van der Waals surface area (Å²) in [5, 5.41) is 15.3. The molecule has 0 aromatic heterocycles. The first-order chi connectivity index (χ1) is 16.9. The summed E-state index contributed by atoms with van der Waals surface area (Å²) >= 11 is 0. The predicted molar refractivity (Wildman–Crippen MR) is 129 cm³/mol. The summed E-state index contributed by atoms with van der Waals surface area (Å²) in [6, 6.07) is 15.5. The molecule has 2 aromatic carbocycles. The van der Waals surface area contributed by atoms with Crippen LogP contribution < -0.4 is 10.6 Å². The molecule has 0 spiro atoms. The Morgan fingerprint density at radius 3 is 2.26 bits per heavy atom. The van der Waals surface area contributed by atoms with E-state index >= 15 is 0 Å². The normalized spacial score (nSPS) is 26.7. The Morgan fingerprint density at radius 1 is 1.00 bits per heavy atom. The number of hydrogen-bond acceptors (Lipinski definition) is 4. The zero-order valence-electron chi connectivity index (χ0n) is 19.5. The highest BCUT2D eigenvalue weighted by atomic mass is 16.5.